The number of carbonyl (C=O) groups excluding carboxylic acids is 1. The Hall–Kier alpha value is -2.66. The number of carbonyl (C=O) groups is 1. The minimum absolute atomic E-state index is 0.0868. The Balaban J connectivity index is 1.71. The maximum atomic E-state index is 12.4. The topological polar surface area (TPSA) is 59.2 Å². The Labute approximate surface area is 156 Å². The molecule has 0 unspecified atom stereocenters. The molecule has 3 aromatic rings. The van der Waals surface area contributed by atoms with Gasteiger partial charge in [0.15, 0.2) is 5.76 Å². The van der Waals surface area contributed by atoms with E-state index in [0.717, 1.165) is 33.5 Å². The first-order chi connectivity index (χ1) is 12.5. The molecule has 5 nitrogen and oxygen atoms in total. The summed E-state index contributed by atoms with van der Waals surface area (Å²) >= 11 is 5.85. The summed E-state index contributed by atoms with van der Waals surface area (Å²) in [5, 5.41) is 4.65. The summed E-state index contributed by atoms with van der Waals surface area (Å²) in [4.78, 5) is 18.4. The van der Waals surface area contributed by atoms with E-state index in [1.54, 1.807) is 12.3 Å². The van der Waals surface area contributed by atoms with E-state index in [0.29, 0.717) is 17.5 Å². The third kappa shape index (κ3) is 2.69. The highest BCUT2D eigenvalue weighted by molar-refractivity contribution is 6.29. The number of benzene rings is 1. The average Bonchev–Trinajstić information content (AvgIpc) is 3.16. The van der Waals surface area contributed by atoms with Gasteiger partial charge in [0.05, 0.1) is 0 Å². The lowest BCUT2D eigenvalue weighted by atomic mass is 10.0. The van der Waals surface area contributed by atoms with Crippen LogP contribution in [-0.4, -0.2) is 27.0 Å². The van der Waals surface area contributed by atoms with Gasteiger partial charge in [-0.25, -0.2) is 4.98 Å². The lowest BCUT2D eigenvalue weighted by Crippen LogP contribution is -2.30. The second-order valence-corrected chi connectivity index (χ2v) is 7.14. The smallest absolute Gasteiger partial charge is 0.254 e. The molecule has 0 radical (unpaired) electrons. The quantitative estimate of drug-likeness (QED) is 0.628. The number of aromatic nitrogens is 2. The summed E-state index contributed by atoms with van der Waals surface area (Å²) in [6, 6.07) is 9.58. The van der Waals surface area contributed by atoms with Gasteiger partial charge in [-0.05, 0) is 50.6 Å². The van der Waals surface area contributed by atoms with Crippen LogP contribution in [0.2, 0.25) is 5.15 Å². The molecule has 1 aliphatic rings. The van der Waals surface area contributed by atoms with Crippen molar-refractivity contribution in [2.45, 2.75) is 33.4 Å². The summed E-state index contributed by atoms with van der Waals surface area (Å²) in [6.07, 6.45) is 1.68. The molecule has 1 aliphatic heterocycles. The first kappa shape index (κ1) is 16.8. The number of pyridine rings is 1. The molecule has 1 aromatic carbocycles. The van der Waals surface area contributed by atoms with Crippen molar-refractivity contribution in [1.29, 1.82) is 0 Å². The molecule has 2 aromatic heterocycles. The molecule has 3 heterocycles. The Morgan fingerprint density at radius 2 is 1.96 bits per heavy atom. The van der Waals surface area contributed by atoms with Gasteiger partial charge < -0.3 is 9.42 Å². The zero-order chi connectivity index (χ0) is 18.4. The molecule has 0 aliphatic carbocycles. The zero-order valence-electron chi connectivity index (χ0n) is 14.8. The molecule has 0 atom stereocenters. The molecular formula is C20H18ClN3O2. The van der Waals surface area contributed by atoms with Gasteiger partial charge in [-0.2, -0.15) is 0 Å². The van der Waals surface area contributed by atoms with Crippen molar-refractivity contribution in [3.63, 3.8) is 0 Å². The Bertz CT molecular complexity index is 993. The lowest BCUT2D eigenvalue weighted by Gasteiger charge is -2.19. The van der Waals surface area contributed by atoms with Crippen LogP contribution in [0.3, 0.4) is 0 Å². The molecule has 132 valence electrons. The highest BCUT2D eigenvalue weighted by atomic mass is 35.5. The lowest BCUT2D eigenvalue weighted by molar-refractivity contribution is 0.0730. The SMILES string of the molecule is Cc1c(-c2ccc(Cl)nc2)noc1-c1ccc2c(c1)CN(C(C)C)C2=O. The maximum Gasteiger partial charge on any atom is 0.254 e. The Morgan fingerprint density at radius 3 is 2.65 bits per heavy atom. The molecule has 26 heavy (non-hydrogen) atoms. The number of halogens is 1. The molecule has 0 saturated heterocycles. The number of amides is 1. The van der Waals surface area contributed by atoms with Crippen molar-refractivity contribution in [2.24, 2.45) is 0 Å². The van der Waals surface area contributed by atoms with Gasteiger partial charge in [-0.3, -0.25) is 4.79 Å². The van der Waals surface area contributed by atoms with Gasteiger partial charge in [0.2, 0.25) is 0 Å². The summed E-state index contributed by atoms with van der Waals surface area (Å²) in [5.41, 5.74) is 5.22. The van der Waals surface area contributed by atoms with E-state index in [1.807, 2.05) is 49.9 Å². The molecule has 0 fully saturated rings. The maximum absolute atomic E-state index is 12.4. The number of rotatable bonds is 3. The van der Waals surface area contributed by atoms with Crippen molar-refractivity contribution in [3.8, 4) is 22.6 Å². The Kier molecular flexibility index (Phi) is 4.04. The fraction of sp³-hybridized carbons (Fsp3) is 0.250. The van der Waals surface area contributed by atoms with E-state index in [4.69, 9.17) is 16.1 Å². The monoisotopic (exact) mass is 367 g/mol. The van der Waals surface area contributed by atoms with Crippen LogP contribution in [0.1, 0.15) is 35.3 Å². The number of hydrogen-bond donors (Lipinski definition) is 0. The molecule has 0 N–H and O–H groups in total. The van der Waals surface area contributed by atoms with Gasteiger partial charge in [0, 0.05) is 41.0 Å². The van der Waals surface area contributed by atoms with Crippen molar-refractivity contribution < 1.29 is 9.32 Å². The first-order valence-corrected chi connectivity index (χ1v) is 8.86. The van der Waals surface area contributed by atoms with Crippen LogP contribution in [0.5, 0.6) is 0 Å². The van der Waals surface area contributed by atoms with Crippen molar-refractivity contribution in [2.75, 3.05) is 0 Å². The summed E-state index contributed by atoms with van der Waals surface area (Å²) in [5.74, 6) is 0.789. The normalized spacial score (nSPS) is 13.6. The van der Waals surface area contributed by atoms with E-state index in [-0.39, 0.29) is 11.9 Å². The molecule has 0 bridgehead atoms. The van der Waals surface area contributed by atoms with Crippen molar-refractivity contribution in [1.82, 2.24) is 15.0 Å². The molecule has 6 heteroatoms. The van der Waals surface area contributed by atoms with Crippen LogP contribution < -0.4 is 0 Å². The van der Waals surface area contributed by atoms with Crippen LogP contribution >= 0.6 is 11.6 Å². The summed E-state index contributed by atoms with van der Waals surface area (Å²) in [6.45, 7) is 6.64. The molecular weight excluding hydrogens is 350 g/mol. The predicted molar refractivity (Wildman–Crippen MR) is 99.9 cm³/mol. The third-order valence-corrected chi connectivity index (χ3v) is 4.97. The molecule has 4 rings (SSSR count). The van der Waals surface area contributed by atoms with Crippen molar-refractivity contribution in [3.05, 3.63) is 58.4 Å². The van der Waals surface area contributed by atoms with Crippen LogP contribution in [0.15, 0.2) is 41.1 Å². The third-order valence-electron chi connectivity index (χ3n) is 4.75. The van der Waals surface area contributed by atoms with E-state index in [9.17, 15) is 4.79 Å². The number of nitrogens with zero attached hydrogens (tertiary/aromatic N) is 3. The predicted octanol–water partition coefficient (Wildman–Crippen LogP) is 4.73. The van der Waals surface area contributed by atoms with E-state index in [1.165, 1.54) is 0 Å². The van der Waals surface area contributed by atoms with E-state index in [2.05, 4.69) is 10.1 Å². The molecule has 0 spiro atoms. The van der Waals surface area contributed by atoms with E-state index < -0.39 is 0 Å². The largest absolute Gasteiger partial charge is 0.355 e. The minimum atomic E-state index is 0.0868. The van der Waals surface area contributed by atoms with Gasteiger partial charge in [-0.15, -0.1) is 0 Å². The molecule has 0 saturated carbocycles. The second-order valence-electron chi connectivity index (χ2n) is 6.75. The highest BCUT2D eigenvalue weighted by Gasteiger charge is 2.29. The van der Waals surface area contributed by atoms with E-state index >= 15 is 0 Å². The van der Waals surface area contributed by atoms with Crippen LogP contribution in [0.4, 0.5) is 0 Å². The van der Waals surface area contributed by atoms with Crippen molar-refractivity contribution >= 4 is 17.5 Å². The molecule has 1 amide bonds. The fourth-order valence-corrected chi connectivity index (χ4v) is 3.40. The van der Waals surface area contributed by atoms with Gasteiger partial charge in [0.1, 0.15) is 10.8 Å². The number of fused-ring (bicyclic) bond motifs is 1. The summed E-state index contributed by atoms with van der Waals surface area (Å²) < 4.78 is 5.62. The number of hydrogen-bond acceptors (Lipinski definition) is 4. The standard InChI is InChI=1S/C20H18ClN3O2/c1-11(2)24-10-15-8-13(4-6-16(15)20(24)25)19-12(3)18(23-26-19)14-5-7-17(21)22-9-14/h4-9,11H,10H2,1-3H3. The second kappa shape index (κ2) is 6.25. The Morgan fingerprint density at radius 1 is 1.19 bits per heavy atom. The first-order valence-electron chi connectivity index (χ1n) is 8.48. The fourth-order valence-electron chi connectivity index (χ4n) is 3.29. The van der Waals surface area contributed by atoms with Gasteiger partial charge in [-0.1, -0.05) is 22.8 Å². The van der Waals surface area contributed by atoms with Crippen LogP contribution in [-0.2, 0) is 6.54 Å². The van der Waals surface area contributed by atoms with Gasteiger partial charge >= 0.3 is 0 Å². The highest BCUT2D eigenvalue weighted by Crippen LogP contribution is 2.34. The van der Waals surface area contributed by atoms with Gasteiger partial charge in [0.25, 0.3) is 5.91 Å². The van der Waals surface area contributed by atoms with Crippen LogP contribution in [0, 0.1) is 6.92 Å². The minimum Gasteiger partial charge on any atom is -0.355 e. The zero-order valence-corrected chi connectivity index (χ0v) is 15.5. The average molecular weight is 368 g/mol. The van der Waals surface area contributed by atoms with Crippen LogP contribution in [0.25, 0.3) is 22.6 Å². The summed E-state index contributed by atoms with van der Waals surface area (Å²) in [7, 11) is 0.